The van der Waals surface area contributed by atoms with Crippen molar-refractivity contribution < 1.29 is 9.00 Å². The van der Waals surface area contributed by atoms with Crippen molar-refractivity contribution in [2.75, 3.05) is 11.1 Å². The highest BCUT2D eigenvalue weighted by molar-refractivity contribution is 7.85. The number of imidazole rings is 1. The average molecular weight is 357 g/mol. The zero-order valence-corrected chi connectivity index (χ0v) is 15.1. The van der Waals surface area contributed by atoms with Crippen LogP contribution in [0.3, 0.4) is 0 Å². The Morgan fingerprint density at radius 3 is 2.52 bits per heavy atom. The maximum absolute atomic E-state index is 12.4. The van der Waals surface area contributed by atoms with E-state index in [0.29, 0.717) is 22.1 Å². The number of hydrogen-bond donors (Lipinski definition) is 2. The number of nitrogens with one attached hydrogen (secondary N) is 1. The Balaban J connectivity index is 2.15. The quantitative estimate of drug-likeness (QED) is 0.729. The summed E-state index contributed by atoms with van der Waals surface area (Å²) >= 11 is 0. The molecule has 0 spiro atoms. The van der Waals surface area contributed by atoms with Crippen molar-refractivity contribution in [1.82, 2.24) is 14.6 Å². The molecule has 1 unspecified atom stereocenters. The molecule has 0 radical (unpaired) electrons. The van der Waals surface area contributed by atoms with Gasteiger partial charge in [-0.2, -0.15) is 0 Å². The predicted octanol–water partition coefficient (Wildman–Crippen LogP) is 2.32. The lowest BCUT2D eigenvalue weighted by Crippen LogP contribution is -2.16. The van der Waals surface area contributed by atoms with Crippen molar-refractivity contribution in [3.8, 4) is 0 Å². The van der Waals surface area contributed by atoms with Gasteiger partial charge in [0.15, 0.2) is 11.5 Å². The van der Waals surface area contributed by atoms with Crippen LogP contribution in [0.1, 0.15) is 28.5 Å². The van der Waals surface area contributed by atoms with Crippen LogP contribution >= 0.6 is 0 Å². The van der Waals surface area contributed by atoms with E-state index in [1.165, 1.54) is 10.7 Å². The zero-order valence-electron chi connectivity index (χ0n) is 14.2. The lowest BCUT2D eigenvalue weighted by molar-refractivity contribution is 0.0993. The summed E-state index contributed by atoms with van der Waals surface area (Å²) in [6.45, 7) is 5.84. The van der Waals surface area contributed by atoms with Crippen LogP contribution < -0.4 is 11.1 Å². The minimum atomic E-state index is -1.26. The Bertz CT molecular complexity index is 976. The summed E-state index contributed by atoms with van der Waals surface area (Å²) in [6.07, 6.45) is 1.35. The monoisotopic (exact) mass is 357 g/mol. The lowest BCUT2D eigenvalue weighted by atomic mass is 10.1. The van der Waals surface area contributed by atoms with Crippen LogP contribution in [0, 0.1) is 13.8 Å². The van der Waals surface area contributed by atoms with Gasteiger partial charge in [0.2, 0.25) is 0 Å². The number of nitrogens with zero attached hydrogens (tertiary/aromatic N) is 3. The van der Waals surface area contributed by atoms with E-state index in [-0.39, 0.29) is 5.69 Å². The largest absolute Gasteiger partial charge is 0.364 e. The number of aryl methyl sites for hydroxylation is 2. The van der Waals surface area contributed by atoms with E-state index in [4.69, 9.17) is 5.73 Å². The van der Waals surface area contributed by atoms with Gasteiger partial charge in [0, 0.05) is 17.5 Å². The molecule has 1 aromatic carbocycles. The number of carbonyl (C=O) groups excluding carboxylic acids is 1. The van der Waals surface area contributed by atoms with E-state index in [1.54, 1.807) is 6.07 Å². The van der Waals surface area contributed by atoms with Gasteiger partial charge in [-0.05, 0) is 37.1 Å². The Kier molecular flexibility index (Phi) is 4.54. The number of carbonyl (C=O) groups is 1. The number of hydrogen-bond acceptors (Lipinski definition) is 5. The molecule has 8 heteroatoms. The molecule has 130 valence electrons. The Morgan fingerprint density at radius 1 is 1.24 bits per heavy atom. The minimum absolute atomic E-state index is 0.147. The van der Waals surface area contributed by atoms with Crippen molar-refractivity contribution >= 4 is 33.9 Å². The molecule has 0 bridgehead atoms. The molecule has 3 aromatic rings. The van der Waals surface area contributed by atoms with Gasteiger partial charge in [0.1, 0.15) is 5.69 Å². The van der Waals surface area contributed by atoms with Gasteiger partial charge < -0.3 is 11.1 Å². The van der Waals surface area contributed by atoms with E-state index < -0.39 is 16.7 Å². The van der Waals surface area contributed by atoms with Crippen LogP contribution in [0.25, 0.3) is 5.65 Å². The SMILES string of the molecule is CCS(=O)c1cc(Nc2cc(C)cc(C)c2)nn2c(C(N)=O)cnc12. The maximum Gasteiger partial charge on any atom is 0.269 e. The third kappa shape index (κ3) is 3.39. The van der Waals surface area contributed by atoms with E-state index in [0.717, 1.165) is 16.8 Å². The van der Waals surface area contributed by atoms with Crippen molar-refractivity contribution in [2.45, 2.75) is 25.7 Å². The molecule has 3 N–H and O–H groups in total. The van der Waals surface area contributed by atoms with Crippen LogP contribution in [-0.4, -0.2) is 30.5 Å². The first-order chi connectivity index (χ1) is 11.9. The number of amides is 1. The second-order valence-electron chi connectivity index (χ2n) is 5.77. The number of benzene rings is 1. The predicted molar refractivity (Wildman–Crippen MR) is 97.7 cm³/mol. The molecule has 3 rings (SSSR count). The summed E-state index contributed by atoms with van der Waals surface area (Å²) in [5, 5.41) is 7.60. The van der Waals surface area contributed by atoms with E-state index >= 15 is 0 Å². The highest BCUT2D eigenvalue weighted by Crippen LogP contribution is 2.23. The number of anilines is 2. The minimum Gasteiger partial charge on any atom is -0.364 e. The molecule has 2 heterocycles. The van der Waals surface area contributed by atoms with Crippen molar-refractivity contribution in [3.05, 3.63) is 47.3 Å². The maximum atomic E-state index is 12.4. The number of primary amides is 1. The van der Waals surface area contributed by atoms with Gasteiger partial charge in [0.05, 0.1) is 21.9 Å². The number of aromatic nitrogens is 3. The molecule has 1 amide bonds. The van der Waals surface area contributed by atoms with Crippen LogP contribution in [-0.2, 0) is 10.8 Å². The highest BCUT2D eigenvalue weighted by atomic mass is 32.2. The highest BCUT2D eigenvalue weighted by Gasteiger charge is 2.17. The summed E-state index contributed by atoms with van der Waals surface area (Å²) < 4.78 is 13.7. The van der Waals surface area contributed by atoms with Crippen LogP contribution in [0.2, 0.25) is 0 Å². The van der Waals surface area contributed by atoms with Gasteiger partial charge in [-0.25, -0.2) is 9.50 Å². The van der Waals surface area contributed by atoms with Crippen LogP contribution in [0.5, 0.6) is 0 Å². The van der Waals surface area contributed by atoms with E-state index in [2.05, 4.69) is 21.5 Å². The summed E-state index contributed by atoms with van der Waals surface area (Å²) in [7, 11) is -1.26. The average Bonchev–Trinajstić information content (AvgIpc) is 2.96. The first-order valence-corrected chi connectivity index (χ1v) is 9.13. The molecular weight excluding hydrogens is 338 g/mol. The Labute approximate surface area is 147 Å². The topological polar surface area (TPSA) is 102 Å². The first kappa shape index (κ1) is 17.1. The van der Waals surface area contributed by atoms with Crippen LogP contribution in [0.4, 0.5) is 11.5 Å². The molecule has 0 aliphatic rings. The normalized spacial score (nSPS) is 12.3. The fraction of sp³-hybridized carbons (Fsp3) is 0.235. The molecular formula is C17H19N5O2S. The van der Waals surface area contributed by atoms with Crippen molar-refractivity contribution in [3.63, 3.8) is 0 Å². The van der Waals surface area contributed by atoms with Crippen molar-refractivity contribution in [2.24, 2.45) is 5.73 Å². The van der Waals surface area contributed by atoms with E-state index in [9.17, 15) is 9.00 Å². The second kappa shape index (κ2) is 6.64. The molecule has 0 saturated heterocycles. The Morgan fingerprint density at radius 2 is 1.92 bits per heavy atom. The third-order valence-electron chi connectivity index (χ3n) is 3.69. The third-order valence-corrected chi connectivity index (χ3v) is 5.00. The summed E-state index contributed by atoms with van der Waals surface area (Å²) in [5.41, 5.74) is 9.00. The van der Waals surface area contributed by atoms with Gasteiger partial charge in [0.25, 0.3) is 5.91 Å². The van der Waals surface area contributed by atoms with Gasteiger partial charge in [-0.3, -0.25) is 9.00 Å². The lowest BCUT2D eigenvalue weighted by Gasteiger charge is -2.11. The van der Waals surface area contributed by atoms with Crippen molar-refractivity contribution in [1.29, 1.82) is 0 Å². The summed E-state index contributed by atoms with van der Waals surface area (Å²) in [5.74, 6) is 0.258. The number of nitrogens with two attached hydrogens (primary N) is 1. The Hall–Kier alpha value is -2.74. The fourth-order valence-electron chi connectivity index (χ4n) is 2.69. The molecule has 0 fully saturated rings. The zero-order chi connectivity index (χ0) is 18.1. The molecule has 7 nitrogen and oxygen atoms in total. The molecule has 1 atom stereocenters. The smallest absolute Gasteiger partial charge is 0.269 e. The van der Waals surface area contributed by atoms with Crippen LogP contribution in [0.15, 0.2) is 35.4 Å². The number of fused-ring (bicyclic) bond motifs is 1. The molecule has 25 heavy (non-hydrogen) atoms. The summed E-state index contributed by atoms with van der Waals surface area (Å²) in [4.78, 5) is 16.3. The van der Waals surface area contributed by atoms with Gasteiger partial charge in [-0.15, -0.1) is 5.10 Å². The standard InChI is InChI=1S/C17H19N5O2S/c1-4-25(24)14-8-15(20-12-6-10(2)5-11(3)7-12)21-22-13(16(18)23)9-19-17(14)22/h5-9H,4H2,1-3H3,(H2,18,23)(H,20,21). The summed E-state index contributed by atoms with van der Waals surface area (Å²) in [6, 6.07) is 7.74. The second-order valence-corrected chi connectivity index (χ2v) is 7.48. The molecule has 0 saturated carbocycles. The fourth-order valence-corrected chi connectivity index (χ4v) is 3.58. The first-order valence-electron chi connectivity index (χ1n) is 7.81. The molecule has 0 aliphatic heterocycles. The molecule has 0 aliphatic carbocycles. The number of rotatable bonds is 5. The van der Waals surface area contributed by atoms with Gasteiger partial charge >= 0.3 is 0 Å². The molecule has 2 aromatic heterocycles. The van der Waals surface area contributed by atoms with Gasteiger partial charge in [-0.1, -0.05) is 13.0 Å². The van der Waals surface area contributed by atoms with E-state index in [1.807, 2.05) is 32.9 Å².